The number of carbonyl (C=O) groups excluding carboxylic acids is 1. The second-order valence-corrected chi connectivity index (χ2v) is 4.90. The zero-order valence-corrected chi connectivity index (χ0v) is 11.0. The minimum absolute atomic E-state index is 0.0304. The summed E-state index contributed by atoms with van der Waals surface area (Å²) in [5.41, 5.74) is 2.35. The van der Waals surface area contributed by atoms with Crippen LogP contribution in [0.2, 0.25) is 5.02 Å². The maximum absolute atomic E-state index is 11.1. The molecule has 1 N–H and O–H groups in total. The number of Topliss-reactive ketones (excluding diaryl/α,β-unsaturated/α-hetero) is 1. The van der Waals surface area contributed by atoms with Gasteiger partial charge in [0.05, 0.1) is 0 Å². The van der Waals surface area contributed by atoms with Crippen molar-refractivity contribution in [2.24, 2.45) is 0 Å². The van der Waals surface area contributed by atoms with Crippen molar-refractivity contribution < 1.29 is 4.79 Å². The van der Waals surface area contributed by atoms with Crippen molar-refractivity contribution >= 4 is 39.5 Å². The molecule has 1 aromatic carbocycles. The van der Waals surface area contributed by atoms with Gasteiger partial charge in [0.15, 0.2) is 10.9 Å². The van der Waals surface area contributed by atoms with Crippen molar-refractivity contribution in [1.82, 2.24) is 4.98 Å². The molecule has 1 heterocycles. The van der Waals surface area contributed by atoms with Gasteiger partial charge in [-0.2, -0.15) is 0 Å². The molecule has 0 bridgehead atoms. The minimum Gasteiger partial charge on any atom is -0.331 e. The fraction of sp³-hybridized carbons (Fsp3) is 0.167. The lowest BCUT2D eigenvalue weighted by Crippen LogP contribution is -1.95. The Morgan fingerprint density at radius 2 is 2.24 bits per heavy atom. The van der Waals surface area contributed by atoms with E-state index in [4.69, 9.17) is 11.6 Å². The van der Waals surface area contributed by atoms with Crippen LogP contribution in [0.1, 0.15) is 23.0 Å². The molecule has 2 rings (SSSR count). The Balaban J connectivity index is 2.25. The van der Waals surface area contributed by atoms with Gasteiger partial charge in [0.2, 0.25) is 0 Å². The average Bonchev–Trinajstić information content (AvgIpc) is 2.73. The number of thiazole rings is 1. The second kappa shape index (κ2) is 4.85. The largest absolute Gasteiger partial charge is 0.331 e. The zero-order chi connectivity index (χ0) is 12.4. The van der Waals surface area contributed by atoms with Crippen LogP contribution in [0, 0.1) is 6.92 Å². The summed E-state index contributed by atoms with van der Waals surface area (Å²) < 4.78 is 0. The van der Waals surface area contributed by atoms with Crippen LogP contribution in [0.4, 0.5) is 10.8 Å². The van der Waals surface area contributed by atoms with Gasteiger partial charge >= 0.3 is 0 Å². The zero-order valence-electron chi connectivity index (χ0n) is 9.45. The van der Waals surface area contributed by atoms with Crippen molar-refractivity contribution in [1.29, 1.82) is 0 Å². The molecule has 0 radical (unpaired) electrons. The van der Waals surface area contributed by atoms with Gasteiger partial charge in [-0.05, 0) is 24.6 Å². The Morgan fingerprint density at radius 1 is 1.47 bits per heavy atom. The lowest BCUT2D eigenvalue weighted by atomic mass is 10.2. The van der Waals surface area contributed by atoms with E-state index in [-0.39, 0.29) is 5.78 Å². The molecular formula is C12H11ClN2OS. The standard InChI is InChI=1S/C12H11ClN2OS/c1-7-9(13)4-3-5-10(7)14-12-15-11(6-17-12)8(2)16/h3-6H,1-2H3,(H,14,15). The molecule has 0 aliphatic rings. The Bertz CT molecular complexity index is 565. The first-order valence-electron chi connectivity index (χ1n) is 5.06. The molecular weight excluding hydrogens is 256 g/mol. The Morgan fingerprint density at radius 3 is 2.88 bits per heavy atom. The van der Waals surface area contributed by atoms with Crippen LogP contribution >= 0.6 is 22.9 Å². The molecule has 0 aliphatic carbocycles. The van der Waals surface area contributed by atoms with Gasteiger partial charge in [-0.25, -0.2) is 4.98 Å². The predicted octanol–water partition coefficient (Wildman–Crippen LogP) is 4.05. The third-order valence-electron chi connectivity index (χ3n) is 2.37. The van der Waals surface area contributed by atoms with Crippen LogP contribution in [-0.4, -0.2) is 10.8 Å². The van der Waals surface area contributed by atoms with E-state index < -0.39 is 0 Å². The number of hydrogen-bond acceptors (Lipinski definition) is 4. The van der Waals surface area contributed by atoms with Crippen LogP contribution in [0.15, 0.2) is 23.6 Å². The summed E-state index contributed by atoms with van der Waals surface area (Å²) in [6, 6.07) is 5.64. The molecule has 88 valence electrons. The molecule has 0 spiro atoms. The van der Waals surface area contributed by atoms with Gasteiger partial charge in [-0.1, -0.05) is 17.7 Å². The van der Waals surface area contributed by atoms with Crippen molar-refractivity contribution in [3.05, 3.63) is 39.9 Å². The maximum Gasteiger partial charge on any atom is 0.187 e. The van der Waals surface area contributed by atoms with Crippen LogP contribution < -0.4 is 5.32 Å². The highest BCUT2D eigenvalue weighted by atomic mass is 35.5. The van der Waals surface area contributed by atoms with Crippen molar-refractivity contribution in [2.75, 3.05) is 5.32 Å². The third-order valence-corrected chi connectivity index (χ3v) is 3.54. The van der Waals surface area contributed by atoms with Crippen molar-refractivity contribution in [2.45, 2.75) is 13.8 Å². The molecule has 0 unspecified atom stereocenters. The minimum atomic E-state index is -0.0304. The number of halogens is 1. The van der Waals surface area contributed by atoms with Gasteiger partial charge < -0.3 is 5.32 Å². The molecule has 0 fully saturated rings. The fourth-order valence-corrected chi connectivity index (χ4v) is 2.29. The van der Waals surface area contributed by atoms with E-state index in [9.17, 15) is 4.79 Å². The highest BCUT2D eigenvalue weighted by molar-refractivity contribution is 7.14. The lowest BCUT2D eigenvalue weighted by molar-refractivity contribution is 0.101. The van der Waals surface area contributed by atoms with Crippen LogP contribution in [0.5, 0.6) is 0 Å². The first-order chi connectivity index (χ1) is 8.08. The predicted molar refractivity (Wildman–Crippen MR) is 71.6 cm³/mol. The number of rotatable bonds is 3. The van der Waals surface area contributed by atoms with Crippen LogP contribution in [0.3, 0.4) is 0 Å². The highest BCUT2D eigenvalue weighted by Crippen LogP contribution is 2.27. The Kier molecular flexibility index (Phi) is 3.45. The normalized spacial score (nSPS) is 10.3. The number of carbonyl (C=O) groups is 1. The number of anilines is 2. The Labute approximate surface area is 108 Å². The second-order valence-electron chi connectivity index (χ2n) is 3.63. The van der Waals surface area contributed by atoms with E-state index in [1.54, 1.807) is 5.38 Å². The van der Waals surface area contributed by atoms with E-state index in [1.807, 2.05) is 25.1 Å². The first kappa shape index (κ1) is 12.1. The van der Waals surface area contributed by atoms with E-state index in [0.29, 0.717) is 15.8 Å². The number of hydrogen-bond donors (Lipinski definition) is 1. The number of benzene rings is 1. The van der Waals surface area contributed by atoms with Gasteiger partial charge in [0.1, 0.15) is 5.69 Å². The molecule has 2 aromatic rings. The maximum atomic E-state index is 11.1. The van der Waals surface area contributed by atoms with E-state index in [1.165, 1.54) is 18.3 Å². The lowest BCUT2D eigenvalue weighted by Gasteiger charge is -2.07. The Hall–Kier alpha value is -1.39. The van der Waals surface area contributed by atoms with Crippen LogP contribution in [0.25, 0.3) is 0 Å². The number of aromatic nitrogens is 1. The SMILES string of the molecule is CC(=O)c1csc(Nc2cccc(Cl)c2C)n1. The van der Waals surface area contributed by atoms with Gasteiger partial charge in [0, 0.05) is 23.0 Å². The molecule has 0 saturated carbocycles. The third kappa shape index (κ3) is 2.65. The molecule has 1 aromatic heterocycles. The van der Waals surface area contributed by atoms with E-state index in [2.05, 4.69) is 10.3 Å². The molecule has 5 heteroatoms. The molecule has 17 heavy (non-hydrogen) atoms. The summed E-state index contributed by atoms with van der Waals surface area (Å²) in [4.78, 5) is 15.3. The van der Waals surface area contributed by atoms with Gasteiger partial charge in [-0.15, -0.1) is 11.3 Å². The summed E-state index contributed by atoms with van der Waals surface area (Å²) in [5.74, 6) is -0.0304. The summed E-state index contributed by atoms with van der Waals surface area (Å²) in [5, 5.41) is 6.30. The summed E-state index contributed by atoms with van der Waals surface area (Å²) in [6.45, 7) is 3.44. The number of nitrogens with zero attached hydrogens (tertiary/aromatic N) is 1. The first-order valence-corrected chi connectivity index (χ1v) is 6.32. The van der Waals surface area contributed by atoms with E-state index in [0.717, 1.165) is 11.3 Å². The molecule has 0 amide bonds. The van der Waals surface area contributed by atoms with Crippen LogP contribution in [-0.2, 0) is 0 Å². The monoisotopic (exact) mass is 266 g/mol. The van der Waals surface area contributed by atoms with E-state index >= 15 is 0 Å². The quantitative estimate of drug-likeness (QED) is 0.852. The highest BCUT2D eigenvalue weighted by Gasteiger charge is 2.08. The summed E-state index contributed by atoms with van der Waals surface area (Å²) in [7, 11) is 0. The fourth-order valence-electron chi connectivity index (χ4n) is 1.35. The van der Waals surface area contributed by atoms with Crippen molar-refractivity contribution in [3.8, 4) is 0 Å². The smallest absolute Gasteiger partial charge is 0.187 e. The topological polar surface area (TPSA) is 42.0 Å². The van der Waals surface area contributed by atoms with Gasteiger partial charge in [0.25, 0.3) is 0 Å². The summed E-state index contributed by atoms with van der Waals surface area (Å²) >= 11 is 7.43. The molecule has 0 aliphatic heterocycles. The molecule has 0 saturated heterocycles. The number of nitrogens with one attached hydrogen (secondary N) is 1. The summed E-state index contributed by atoms with van der Waals surface area (Å²) in [6.07, 6.45) is 0. The van der Waals surface area contributed by atoms with Gasteiger partial charge in [-0.3, -0.25) is 4.79 Å². The number of ketones is 1. The average molecular weight is 267 g/mol. The van der Waals surface area contributed by atoms with Crippen molar-refractivity contribution in [3.63, 3.8) is 0 Å². The molecule has 3 nitrogen and oxygen atoms in total. The molecule has 0 atom stereocenters.